The Kier molecular flexibility index (Phi) is 3.86. The van der Waals surface area contributed by atoms with Crippen LogP contribution >= 0.6 is 0 Å². The minimum Gasteiger partial charge on any atom is -0.383 e. The van der Waals surface area contributed by atoms with E-state index in [0.29, 0.717) is 18.1 Å². The van der Waals surface area contributed by atoms with Gasteiger partial charge >= 0.3 is 5.69 Å². The first-order valence-electron chi connectivity index (χ1n) is 8.57. The topological polar surface area (TPSA) is 99.0 Å². The first kappa shape index (κ1) is 15.4. The van der Waals surface area contributed by atoms with Crippen LogP contribution in [-0.2, 0) is 12.8 Å². The van der Waals surface area contributed by atoms with Crippen LogP contribution < -0.4 is 22.5 Å². The van der Waals surface area contributed by atoms with Gasteiger partial charge < -0.3 is 16.8 Å². The average molecular weight is 325 g/mol. The Morgan fingerprint density at radius 1 is 1.17 bits per heavy atom. The van der Waals surface area contributed by atoms with E-state index in [1.165, 1.54) is 15.7 Å². The van der Waals surface area contributed by atoms with Gasteiger partial charge in [-0.2, -0.15) is 4.98 Å². The molecule has 2 aromatic rings. The Labute approximate surface area is 140 Å². The van der Waals surface area contributed by atoms with Gasteiger partial charge in [-0.05, 0) is 61.4 Å². The molecule has 0 amide bonds. The Hall–Kier alpha value is -2.18. The quantitative estimate of drug-likeness (QED) is 0.773. The first-order chi connectivity index (χ1) is 11.6. The number of nitrogens with two attached hydrogens (primary N) is 2. The fraction of sp³-hybridized carbons (Fsp3) is 0.444. The SMILES string of the molecule is Nc1ccn(-c2ccc3c(c2)CCC(N[C@H]2C[C@H](N)C2)C3)c(=O)n1. The molecule has 1 atom stereocenters. The van der Waals surface area contributed by atoms with Gasteiger partial charge in [-0.1, -0.05) is 6.07 Å². The molecule has 0 radical (unpaired) electrons. The summed E-state index contributed by atoms with van der Waals surface area (Å²) >= 11 is 0. The lowest BCUT2D eigenvalue weighted by Gasteiger charge is -2.38. The molecule has 24 heavy (non-hydrogen) atoms. The summed E-state index contributed by atoms with van der Waals surface area (Å²) in [6.07, 6.45) is 7.05. The molecule has 5 N–H and O–H groups in total. The lowest BCUT2D eigenvalue weighted by molar-refractivity contribution is 0.256. The van der Waals surface area contributed by atoms with Crippen LogP contribution in [0.15, 0.2) is 35.3 Å². The van der Waals surface area contributed by atoms with E-state index in [4.69, 9.17) is 11.5 Å². The number of hydrogen-bond acceptors (Lipinski definition) is 5. The number of nitrogens with zero attached hydrogens (tertiary/aromatic N) is 2. The number of fused-ring (bicyclic) bond motifs is 1. The molecule has 1 fully saturated rings. The van der Waals surface area contributed by atoms with Crippen molar-refractivity contribution < 1.29 is 0 Å². The number of benzene rings is 1. The molecular weight excluding hydrogens is 302 g/mol. The van der Waals surface area contributed by atoms with Crippen LogP contribution in [0.4, 0.5) is 5.82 Å². The van der Waals surface area contributed by atoms with Crippen molar-refractivity contribution in [2.75, 3.05) is 5.73 Å². The third-order valence-electron chi connectivity index (χ3n) is 5.17. The third-order valence-corrected chi connectivity index (χ3v) is 5.17. The summed E-state index contributed by atoms with van der Waals surface area (Å²) in [6.45, 7) is 0. The minimum atomic E-state index is -0.341. The second-order valence-electron chi connectivity index (χ2n) is 6.99. The standard InChI is InChI=1S/C18H23N5O/c19-13-9-15(10-13)21-14-3-1-12-8-16(4-2-11(12)7-14)23-6-5-17(20)22-18(23)24/h2,4-6,8,13-15,21H,1,3,7,9-10,19H2,(H2,20,22,24)/t13-,14?,15-. The van der Waals surface area contributed by atoms with Gasteiger partial charge in [0.1, 0.15) is 5.82 Å². The molecule has 0 spiro atoms. The van der Waals surface area contributed by atoms with Crippen molar-refractivity contribution in [3.63, 3.8) is 0 Å². The summed E-state index contributed by atoms with van der Waals surface area (Å²) in [7, 11) is 0. The first-order valence-corrected chi connectivity index (χ1v) is 8.57. The molecule has 1 unspecified atom stereocenters. The zero-order valence-electron chi connectivity index (χ0n) is 13.6. The summed E-state index contributed by atoms with van der Waals surface area (Å²) in [5.74, 6) is 0.249. The van der Waals surface area contributed by atoms with E-state index < -0.39 is 0 Å². The molecule has 1 aromatic carbocycles. The molecule has 0 bridgehead atoms. The van der Waals surface area contributed by atoms with Crippen molar-refractivity contribution in [2.24, 2.45) is 5.73 Å². The van der Waals surface area contributed by atoms with Gasteiger partial charge in [0.05, 0.1) is 5.69 Å². The molecule has 0 saturated heterocycles. The number of hydrogen-bond donors (Lipinski definition) is 3. The van der Waals surface area contributed by atoms with Crippen molar-refractivity contribution in [1.82, 2.24) is 14.9 Å². The lowest BCUT2D eigenvalue weighted by Crippen LogP contribution is -2.52. The van der Waals surface area contributed by atoms with Gasteiger partial charge in [-0.25, -0.2) is 4.79 Å². The van der Waals surface area contributed by atoms with Crippen LogP contribution in [0, 0.1) is 0 Å². The molecule has 6 nitrogen and oxygen atoms in total. The maximum absolute atomic E-state index is 12.0. The van der Waals surface area contributed by atoms with Crippen molar-refractivity contribution in [1.29, 1.82) is 0 Å². The Balaban J connectivity index is 1.51. The second-order valence-corrected chi connectivity index (χ2v) is 6.99. The summed E-state index contributed by atoms with van der Waals surface area (Å²) in [4.78, 5) is 15.8. The summed E-state index contributed by atoms with van der Waals surface area (Å²) in [5, 5.41) is 3.73. The summed E-state index contributed by atoms with van der Waals surface area (Å²) in [6, 6.07) is 9.36. The zero-order chi connectivity index (χ0) is 16.7. The zero-order valence-corrected chi connectivity index (χ0v) is 13.6. The Morgan fingerprint density at radius 3 is 2.75 bits per heavy atom. The number of nitrogen functional groups attached to an aromatic ring is 1. The number of rotatable bonds is 3. The van der Waals surface area contributed by atoms with E-state index in [1.807, 2.05) is 6.07 Å². The fourth-order valence-corrected chi connectivity index (χ4v) is 3.78. The Bertz CT molecular complexity index is 809. The van der Waals surface area contributed by atoms with Gasteiger partial charge in [0.25, 0.3) is 0 Å². The predicted molar refractivity (Wildman–Crippen MR) is 94.2 cm³/mol. The molecule has 2 aliphatic carbocycles. The molecule has 4 rings (SSSR count). The maximum Gasteiger partial charge on any atom is 0.354 e. The largest absolute Gasteiger partial charge is 0.383 e. The highest BCUT2D eigenvalue weighted by atomic mass is 16.1. The molecule has 1 saturated carbocycles. The molecular formula is C18H23N5O. The van der Waals surface area contributed by atoms with E-state index in [0.717, 1.165) is 37.8 Å². The number of anilines is 1. The summed E-state index contributed by atoms with van der Waals surface area (Å²) < 4.78 is 1.54. The van der Waals surface area contributed by atoms with Crippen molar-refractivity contribution in [2.45, 2.75) is 50.2 Å². The van der Waals surface area contributed by atoms with Gasteiger partial charge in [-0.3, -0.25) is 4.57 Å². The van der Waals surface area contributed by atoms with E-state index in [1.54, 1.807) is 12.3 Å². The van der Waals surface area contributed by atoms with Crippen LogP contribution in [0.2, 0.25) is 0 Å². The van der Waals surface area contributed by atoms with Gasteiger partial charge in [0.15, 0.2) is 0 Å². The highest BCUT2D eigenvalue weighted by Crippen LogP contribution is 2.26. The Morgan fingerprint density at radius 2 is 2.00 bits per heavy atom. The predicted octanol–water partition coefficient (Wildman–Crippen LogP) is 0.751. The number of nitrogens with one attached hydrogen (secondary N) is 1. The van der Waals surface area contributed by atoms with E-state index in [-0.39, 0.29) is 11.5 Å². The van der Waals surface area contributed by atoms with Crippen molar-refractivity contribution >= 4 is 5.82 Å². The molecule has 2 aliphatic rings. The van der Waals surface area contributed by atoms with Crippen LogP contribution in [0.1, 0.15) is 30.4 Å². The van der Waals surface area contributed by atoms with Crippen molar-refractivity contribution in [3.8, 4) is 5.69 Å². The second kappa shape index (κ2) is 6.03. The molecule has 126 valence electrons. The number of aromatic nitrogens is 2. The minimum absolute atomic E-state index is 0.249. The summed E-state index contributed by atoms with van der Waals surface area (Å²) in [5.41, 5.74) is 14.6. The van der Waals surface area contributed by atoms with Crippen molar-refractivity contribution in [3.05, 3.63) is 52.1 Å². The number of aryl methyl sites for hydroxylation is 1. The molecule has 0 aliphatic heterocycles. The smallest absolute Gasteiger partial charge is 0.354 e. The van der Waals surface area contributed by atoms with Gasteiger partial charge in [0.2, 0.25) is 0 Å². The van der Waals surface area contributed by atoms with Gasteiger partial charge in [-0.15, -0.1) is 0 Å². The molecule has 1 heterocycles. The van der Waals surface area contributed by atoms with Gasteiger partial charge in [0, 0.05) is 24.3 Å². The molecule has 6 heteroatoms. The van der Waals surface area contributed by atoms with Crippen LogP contribution in [0.3, 0.4) is 0 Å². The highest BCUT2D eigenvalue weighted by Gasteiger charge is 2.29. The third kappa shape index (κ3) is 2.95. The average Bonchev–Trinajstić information content (AvgIpc) is 2.53. The molecule has 1 aromatic heterocycles. The maximum atomic E-state index is 12.0. The van der Waals surface area contributed by atoms with Crippen LogP contribution in [0.25, 0.3) is 5.69 Å². The highest BCUT2D eigenvalue weighted by molar-refractivity contribution is 5.43. The van der Waals surface area contributed by atoms with E-state index >= 15 is 0 Å². The lowest BCUT2D eigenvalue weighted by atomic mass is 9.83. The van der Waals surface area contributed by atoms with Crippen LogP contribution in [-0.4, -0.2) is 27.7 Å². The monoisotopic (exact) mass is 325 g/mol. The van der Waals surface area contributed by atoms with Crippen LogP contribution in [0.5, 0.6) is 0 Å². The normalized spacial score (nSPS) is 25.8. The van der Waals surface area contributed by atoms with E-state index in [9.17, 15) is 4.79 Å². The van der Waals surface area contributed by atoms with E-state index in [2.05, 4.69) is 22.4 Å². The fourth-order valence-electron chi connectivity index (χ4n) is 3.78.